The average molecular weight is 393 g/mol. The first-order chi connectivity index (χ1) is 9.83. The normalized spacial score (nSPS) is 11.6. The number of halogens is 2. The molecule has 0 unspecified atom stereocenters. The van der Waals surface area contributed by atoms with Crippen molar-refractivity contribution in [1.29, 1.82) is 0 Å². The molecule has 0 aliphatic carbocycles. The van der Waals surface area contributed by atoms with Gasteiger partial charge in [0, 0.05) is 20.8 Å². The number of nitrogens with one attached hydrogen (secondary N) is 2. The molecule has 4 nitrogen and oxygen atoms in total. The predicted molar refractivity (Wildman–Crippen MR) is 86.7 cm³/mol. The van der Waals surface area contributed by atoms with E-state index in [4.69, 9.17) is 0 Å². The van der Waals surface area contributed by atoms with Crippen LogP contribution in [0.15, 0.2) is 33.6 Å². The topological polar surface area (TPSA) is 58.2 Å². The second-order valence-electron chi connectivity index (χ2n) is 4.39. The van der Waals surface area contributed by atoms with E-state index in [0.717, 1.165) is 10.9 Å². The molecule has 0 atom stereocenters. The largest absolute Gasteiger partial charge is 0.315 e. The summed E-state index contributed by atoms with van der Waals surface area (Å²) >= 11 is 4.62. The highest BCUT2D eigenvalue weighted by Crippen LogP contribution is 2.30. The summed E-state index contributed by atoms with van der Waals surface area (Å²) in [5.74, 6) is -0.506. The molecule has 21 heavy (non-hydrogen) atoms. The van der Waals surface area contributed by atoms with Crippen molar-refractivity contribution in [3.05, 3.63) is 44.3 Å². The number of rotatable bonds is 5. The number of sulfonamides is 1. The first-order valence-corrected chi connectivity index (χ1v) is 9.14. The number of thiophene rings is 1. The van der Waals surface area contributed by atoms with Crippen LogP contribution in [0.5, 0.6) is 0 Å². The summed E-state index contributed by atoms with van der Waals surface area (Å²) in [5.41, 5.74) is 0.177. The van der Waals surface area contributed by atoms with Gasteiger partial charge in [0.2, 0.25) is 0 Å². The van der Waals surface area contributed by atoms with Crippen LogP contribution in [-0.4, -0.2) is 15.5 Å². The number of anilines is 1. The molecule has 0 fully saturated rings. The van der Waals surface area contributed by atoms with E-state index in [0.29, 0.717) is 15.9 Å². The zero-order chi connectivity index (χ0) is 15.6. The Morgan fingerprint density at radius 1 is 1.33 bits per heavy atom. The third-order valence-corrected chi connectivity index (χ3v) is 6.10. The van der Waals surface area contributed by atoms with Crippen molar-refractivity contribution in [2.45, 2.75) is 18.4 Å². The highest BCUT2D eigenvalue weighted by atomic mass is 79.9. The Kier molecular flexibility index (Phi) is 5.03. The zero-order valence-electron chi connectivity index (χ0n) is 11.4. The summed E-state index contributed by atoms with van der Waals surface area (Å²) in [5, 5.41) is 2.98. The fourth-order valence-corrected chi connectivity index (χ4v) is 5.02. The molecule has 0 aliphatic heterocycles. The number of benzene rings is 1. The molecular formula is C13H14BrFN2O2S2. The summed E-state index contributed by atoms with van der Waals surface area (Å²) in [6.07, 6.45) is 0. The maximum absolute atomic E-state index is 13.2. The van der Waals surface area contributed by atoms with Gasteiger partial charge in [-0.1, -0.05) is 0 Å². The lowest BCUT2D eigenvalue weighted by Crippen LogP contribution is -2.13. The van der Waals surface area contributed by atoms with Crippen molar-refractivity contribution in [2.75, 3.05) is 11.8 Å². The van der Waals surface area contributed by atoms with Gasteiger partial charge in [-0.2, -0.15) is 0 Å². The van der Waals surface area contributed by atoms with Crippen molar-refractivity contribution >= 4 is 43.0 Å². The summed E-state index contributed by atoms with van der Waals surface area (Å²) < 4.78 is 41.0. The molecule has 2 aromatic rings. The molecule has 0 radical (unpaired) electrons. The van der Waals surface area contributed by atoms with Crippen LogP contribution >= 0.6 is 27.3 Å². The van der Waals surface area contributed by atoms with E-state index in [2.05, 4.69) is 26.0 Å². The quantitative estimate of drug-likeness (QED) is 0.818. The number of aryl methyl sites for hydroxylation is 1. The van der Waals surface area contributed by atoms with Crippen molar-refractivity contribution in [3.8, 4) is 0 Å². The van der Waals surface area contributed by atoms with Crippen LogP contribution in [0.4, 0.5) is 10.1 Å². The van der Waals surface area contributed by atoms with E-state index in [1.807, 2.05) is 0 Å². The highest BCUT2D eigenvalue weighted by Gasteiger charge is 2.21. The molecule has 1 aromatic carbocycles. The lowest BCUT2D eigenvalue weighted by Gasteiger charge is -2.09. The lowest BCUT2D eigenvalue weighted by atomic mass is 10.3. The third kappa shape index (κ3) is 3.82. The molecule has 1 heterocycles. The monoisotopic (exact) mass is 392 g/mol. The van der Waals surface area contributed by atoms with Crippen LogP contribution in [0.1, 0.15) is 9.75 Å². The second kappa shape index (κ2) is 6.43. The van der Waals surface area contributed by atoms with Crippen LogP contribution in [0.2, 0.25) is 0 Å². The molecule has 0 bridgehead atoms. The predicted octanol–water partition coefficient (Wildman–Crippen LogP) is 3.48. The molecule has 0 saturated carbocycles. The molecule has 0 amide bonds. The Labute approximate surface area is 135 Å². The molecule has 0 saturated heterocycles. The molecule has 2 N–H and O–H groups in total. The van der Waals surface area contributed by atoms with Crippen LogP contribution in [0.3, 0.4) is 0 Å². The Morgan fingerprint density at radius 2 is 2.05 bits per heavy atom. The second-order valence-corrected chi connectivity index (χ2v) is 8.24. The van der Waals surface area contributed by atoms with E-state index in [1.54, 1.807) is 20.0 Å². The minimum atomic E-state index is -3.74. The zero-order valence-corrected chi connectivity index (χ0v) is 14.6. The molecule has 1 aromatic heterocycles. The molecular weight excluding hydrogens is 379 g/mol. The summed E-state index contributed by atoms with van der Waals surface area (Å²) in [4.78, 5) is 1.84. The van der Waals surface area contributed by atoms with Gasteiger partial charge in [0.25, 0.3) is 10.0 Å². The van der Waals surface area contributed by atoms with Gasteiger partial charge in [0.05, 0.1) is 5.69 Å². The van der Waals surface area contributed by atoms with Gasteiger partial charge >= 0.3 is 0 Å². The van der Waals surface area contributed by atoms with Crippen molar-refractivity contribution < 1.29 is 12.8 Å². The smallest absolute Gasteiger partial charge is 0.263 e. The van der Waals surface area contributed by atoms with E-state index in [1.165, 1.54) is 23.5 Å². The van der Waals surface area contributed by atoms with Crippen LogP contribution < -0.4 is 10.0 Å². The Morgan fingerprint density at radius 3 is 2.71 bits per heavy atom. The Hall–Kier alpha value is -0.960. The maximum Gasteiger partial charge on any atom is 0.263 e. The molecule has 2 rings (SSSR count). The van der Waals surface area contributed by atoms with Crippen molar-refractivity contribution in [3.63, 3.8) is 0 Å². The summed E-state index contributed by atoms with van der Waals surface area (Å²) in [6, 6.07) is 5.48. The van der Waals surface area contributed by atoms with Gasteiger partial charge in [-0.25, -0.2) is 12.8 Å². The van der Waals surface area contributed by atoms with Crippen LogP contribution in [0, 0.1) is 12.7 Å². The van der Waals surface area contributed by atoms with Crippen molar-refractivity contribution in [1.82, 2.24) is 5.32 Å². The van der Waals surface area contributed by atoms with Gasteiger partial charge in [-0.05, 0) is 54.2 Å². The molecule has 0 aliphatic rings. The van der Waals surface area contributed by atoms with Gasteiger partial charge < -0.3 is 5.32 Å². The van der Waals surface area contributed by atoms with Gasteiger partial charge in [0.15, 0.2) is 0 Å². The van der Waals surface area contributed by atoms with Crippen LogP contribution in [0.25, 0.3) is 0 Å². The van der Waals surface area contributed by atoms with E-state index in [-0.39, 0.29) is 10.6 Å². The SMILES string of the molecule is CNCc1cc(S(=O)(=O)Nc2cc(F)ccc2Br)c(C)s1. The lowest BCUT2D eigenvalue weighted by molar-refractivity contribution is 0.601. The number of hydrogen-bond acceptors (Lipinski definition) is 4. The van der Waals surface area contributed by atoms with E-state index >= 15 is 0 Å². The van der Waals surface area contributed by atoms with Gasteiger partial charge in [-0.15, -0.1) is 11.3 Å². The van der Waals surface area contributed by atoms with Crippen molar-refractivity contribution in [2.24, 2.45) is 0 Å². The van der Waals surface area contributed by atoms with Gasteiger partial charge in [-0.3, -0.25) is 4.72 Å². The molecule has 8 heteroatoms. The van der Waals surface area contributed by atoms with E-state index in [9.17, 15) is 12.8 Å². The first kappa shape index (κ1) is 16.4. The minimum absolute atomic E-state index is 0.177. The third-order valence-electron chi connectivity index (χ3n) is 2.74. The standard InChI is InChI=1S/C13H14BrFN2O2S2/c1-8-13(6-10(20-8)7-16-2)21(18,19)17-12-5-9(15)3-4-11(12)14/h3-6,16-17H,7H2,1-2H3. The highest BCUT2D eigenvalue weighted by molar-refractivity contribution is 9.10. The first-order valence-electron chi connectivity index (χ1n) is 6.05. The minimum Gasteiger partial charge on any atom is -0.315 e. The van der Waals surface area contributed by atoms with E-state index < -0.39 is 15.8 Å². The molecule has 0 spiro atoms. The Bertz CT molecular complexity index is 760. The maximum atomic E-state index is 13.2. The van der Waals surface area contributed by atoms with Crippen LogP contribution in [-0.2, 0) is 16.6 Å². The number of hydrogen-bond donors (Lipinski definition) is 2. The summed E-state index contributed by atoms with van der Waals surface area (Å²) in [6.45, 7) is 2.35. The molecule has 114 valence electrons. The Balaban J connectivity index is 2.36. The fraction of sp³-hybridized carbons (Fsp3) is 0.231. The average Bonchev–Trinajstić information content (AvgIpc) is 2.76. The summed E-state index contributed by atoms with van der Waals surface area (Å²) in [7, 11) is -1.95. The van der Waals surface area contributed by atoms with Gasteiger partial charge in [0.1, 0.15) is 10.7 Å². The fourth-order valence-electron chi connectivity index (χ4n) is 1.83.